The lowest BCUT2D eigenvalue weighted by atomic mass is 10.2. The number of benzene rings is 2. The summed E-state index contributed by atoms with van der Waals surface area (Å²) in [4.78, 5) is 8.03. The minimum Gasteiger partial charge on any atom is -0.361 e. The highest BCUT2D eigenvalue weighted by Gasteiger charge is 2.25. The molecular weight excluding hydrogens is 346 g/mol. The van der Waals surface area contributed by atoms with Crippen LogP contribution < -0.4 is 0 Å². The number of aromatic nitrogens is 1. The molecule has 0 unspecified atom stereocenters. The van der Waals surface area contributed by atoms with E-state index in [4.69, 9.17) is 0 Å². The quantitative estimate of drug-likeness (QED) is 0.706. The van der Waals surface area contributed by atoms with Crippen molar-refractivity contribution in [2.24, 2.45) is 4.99 Å². The van der Waals surface area contributed by atoms with E-state index in [1.165, 1.54) is 0 Å². The zero-order valence-electron chi connectivity index (χ0n) is 14.4. The molecule has 1 fully saturated rings. The maximum atomic E-state index is 12.7. The van der Waals surface area contributed by atoms with Gasteiger partial charge in [-0.3, -0.25) is 4.99 Å². The molecule has 0 aliphatic carbocycles. The number of piperidine rings is 1. The molecule has 1 N–H and O–H groups in total. The van der Waals surface area contributed by atoms with Gasteiger partial charge in [-0.15, -0.1) is 0 Å². The van der Waals surface area contributed by atoms with E-state index in [0.717, 1.165) is 41.4 Å². The maximum absolute atomic E-state index is 12.7. The molecule has 4 rings (SSSR count). The van der Waals surface area contributed by atoms with Crippen molar-refractivity contribution in [1.29, 1.82) is 0 Å². The van der Waals surface area contributed by atoms with Gasteiger partial charge in [-0.1, -0.05) is 24.6 Å². The molecule has 5 nitrogen and oxygen atoms in total. The largest absolute Gasteiger partial charge is 0.361 e. The number of hydrogen-bond donors (Lipinski definition) is 1. The second kappa shape index (κ2) is 7.05. The molecule has 0 atom stereocenters. The van der Waals surface area contributed by atoms with Crippen molar-refractivity contribution >= 4 is 32.8 Å². The van der Waals surface area contributed by atoms with Crippen molar-refractivity contribution in [3.8, 4) is 0 Å². The Hall–Kier alpha value is -2.44. The van der Waals surface area contributed by atoms with E-state index in [-0.39, 0.29) is 0 Å². The standard InChI is InChI=1S/C20H21N3O2S/c24-26(25,23-12-4-1-5-13-23)18-10-8-17(9-11-18)21-14-16-15-22-20-7-3-2-6-19(16)20/h2-3,6-11,14-15,22H,1,4-5,12-13H2. The highest BCUT2D eigenvalue weighted by atomic mass is 32.2. The second-order valence-electron chi connectivity index (χ2n) is 6.51. The number of nitrogens with one attached hydrogen (secondary N) is 1. The lowest BCUT2D eigenvalue weighted by Crippen LogP contribution is -2.35. The molecule has 134 valence electrons. The van der Waals surface area contributed by atoms with Gasteiger partial charge in [0.25, 0.3) is 0 Å². The van der Waals surface area contributed by atoms with Crippen LogP contribution in [0.3, 0.4) is 0 Å². The zero-order chi connectivity index (χ0) is 18.0. The number of fused-ring (bicyclic) bond motifs is 1. The lowest BCUT2D eigenvalue weighted by molar-refractivity contribution is 0.346. The number of nitrogens with zero attached hydrogens (tertiary/aromatic N) is 2. The fraction of sp³-hybridized carbons (Fsp3) is 0.250. The van der Waals surface area contributed by atoms with Crippen molar-refractivity contribution in [3.05, 3.63) is 60.3 Å². The minimum absolute atomic E-state index is 0.338. The van der Waals surface area contributed by atoms with Gasteiger partial charge in [0.2, 0.25) is 10.0 Å². The molecule has 26 heavy (non-hydrogen) atoms. The number of aromatic amines is 1. The summed E-state index contributed by atoms with van der Waals surface area (Å²) in [6.07, 6.45) is 6.70. The summed E-state index contributed by atoms with van der Waals surface area (Å²) in [7, 11) is -3.39. The maximum Gasteiger partial charge on any atom is 0.243 e. The molecule has 0 spiro atoms. The summed E-state index contributed by atoms with van der Waals surface area (Å²) in [5, 5.41) is 1.11. The lowest BCUT2D eigenvalue weighted by Gasteiger charge is -2.25. The molecular formula is C20H21N3O2S. The SMILES string of the molecule is O=S(=O)(c1ccc(N=Cc2c[nH]c3ccccc23)cc1)N1CCCCC1. The summed E-state index contributed by atoms with van der Waals surface area (Å²) >= 11 is 0. The van der Waals surface area contributed by atoms with Crippen LogP contribution in [0.1, 0.15) is 24.8 Å². The smallest absolute Gasteiger partial charge is 0.243 e. The van der Waals surface area contributed by atoms with Crippen LogP contribution in [0, 0.1) is 0 Å². The first-order valence-electron chi connectivity index (χ1n) is 8.85. The monoisotopic (exact) mass is 367 g/mol. The van der Waals surface area contributed by atoms with E-state index in [1.807, 2.05) is 30.5 Å². The third-order valence-electron chi connectivity index (χ3n) is 4.76. The van der Waals surface area contributed by atoms with E-state index >= 15 is 0 Å². The molecule has 1 saturated heterocycles. The fourth-order valence-electron chi connectivity index (χ4n) is 3.30. The Bertz CT molecular complexity index is 1030. The summed E-state index contributed by atoms with van der Waals surface area (Å²) in [5.41, 5.74) is 2.80. The molecule has 0 radical (unpaired) electrons. The fourth-order valence-corrected chi connectivity index (χ4v) is 4.82. The highest BCUT2D eigenvalue weighted by molar-refractivity contribution is 7.89. The Balaban J connectivity index is 1.54. The molecule has 0 bridgehead atoms. The van der Waals surface area contributed by atoms with E-state index in [2.05, 4.69) is 9.98 Å². The summed E-state index contributed by atoms with van der Waals surface area (Å²) in [6.45, 7) is 1.23. The van der Waals surface area contributed by atoms with Crippen LogP contribution in [0.15, 0.2) is 64.6 Å². The van der Waals surface area contributed by atoms with Gasteiger partial charge in [0.15, 0.2) is 0 Å². The normalized spacial score (nSPS) is 16.5. The van der Waals surface area contributed by atoms with Gasteiger partial charge >= 0.3 is 0 Å². The first-order valence-corrected chi connectivity index (χ1v) is 10.3. The Kier molecular flexibility index (Phi) is 4.61. The summed E-state index contributed by atoms with van der Waals surface area (Å²) in [5.74, 6) is 0. The molecule has 0 saturated carbocycles. The molecule has 6 heteroatoms. The molecule has 1 aliphatic rings. The van der Waals surface area contributed by atoms with Gasteiger partial charge in [-0.05, 0) is 43.2 Å². The van der Waals surface area contributed by atoms with E-state index in [9.17, 15) is 8.42 Å². The third-order valence-corrected chi connectivity index (χ3v) is 6.68. The predicted octanol–water partition coefficient (Wildman–Crippen LogP) is 4.09. The van der Waals surface area contributed by atoms with Crippen LogP contribution in [-0.2, 0) is 10.0 Å². The average molecular weight is 367 g/mol. The van der Waals surface area contributed by atoms with Crippen molar-refractivity contribution in [2.45, 2.75) is 24.2 Å². The molecule has 1 aliphatic heterocycles. The second-order valence-corrected chi connectivity index (χ2v) is 8.44. The average Bonchev–Trinajstić information content (AvgIpc) is 3.11. The van der Waals surface area contributed by atoms with Gasteiger partial charge in [-0.25, -0.2) is 8.42 Å². The van der Waals surface area contributed by atoms with E-state index < -0.39 is 10.0 Å². The van der Waals surface area contributed by atoms with Gasteiger partial charge in [0.1, 0.15) is 0 Å². The van der Waals surface area contributed by atoms with Crippen LogP contribution in [0.5, 0.6) is 0 Å². The van der Waals surface area contributed by atoms with Crippen molar-refractivity contribution in [3.63, 3.8) is 0 Å². The zero-order valence-corrected chi connectivity index (χ0v) is 15.2. The number of sulfonamides is 1. The van der Waals surface area contributed by atoms with Crippen LogP contribution >= 0.6 is 0 Å². The molecule has 1 aromatic heterocycles. The van der Waals surface area contributed by atoms with Crippen LogP contribution in [0.25, 0.3) is 10.9 Å². The molecule has 2 aromatic carbocycles. The van der Waals surface area contributed by atoms with Crippen LogP contribution in [0.2, 0.25) is 0 Å². The van der Waals surface area contributed by atoms with Crippen molar-refractivity contribution in [2.75, 3.05) is 13.1 Å². The van der Waals surface area contributed by atoms with Crippen molar-refractivity contribution in [1.82, 2.24) is 9.29 Å². The summed E-state index contributed by atoms with van der Waals surface area (Å²) in [6, 6.07) is 14.8. The Morgan fingerprint density at radius 1 is 0.962 bits per heavy atom. The van der Waals surface area contributed by atoms with Crippen LogP contribution in [0.4, 0.5) is 5.69 Å². The first kappa shape index (κ1) is 17.0. The van der Waals surface area contributed by atoms with Crippen molar-refractivity contribution < 1.29 is 8.42 Å². The minimum atomic E-state index is -3.39. The Morgan fingerprint density at radius 2 is 1.69 bits per heavy atom. The topological polar surface area (TPSA) is 65.5 Å². The Labute approximate surface area is 153 Å². The Morgan fingerprint density at radius 3 is 2.46 bits per heavy atom. The summed E-state index contributed by atoms with van der Waals surface area (Å²) < 4.78 is 26.9. The number of hydrogen-bond acceptors (Lipinski definition) is 3. The van der Waals surface area contributed by atoms with E-state index in [1.54, 1.807) is 34.8 Å². The van der Waals surface area contributed by atoms with E-state index in [0.29, 0.717) is 18.0 Å². The van der Waals surface area contributed by atoms with Gasteiger partial charge in [0, 0.05) is 42.0 Å². The van der Waals surface area contributed by atoms with Gasteiger partial charge < -0.3 is 4.98 Å². The van der Waals surface area contributed by atoms with Gasteiger partial charge in [-0.2, -0.15) is 4.31 Å². The first-order chi connectivity index (χ1) is 12.6. The number of H-pyrrole nitrogens is 1. The molecule has 2 heterocycles. The number of aliphatic imine (C=N–C) groups is 1. The number of rotatable bonds is 4. The predicted molar refractivity (Wildman–Crippen MR) is 105 cm³/mol. The molecule has 3 aromatic rings. The van der Waals surface area contributed by atoms with Gasteiger partial charge in [0.05, 0.1) is 10.6 Å². The number of para-hydroxylation sites is 1. The third kappa shape index (κ3) is 3.30. The molecule has 0 amide bonds. The van der Waals surface area contributed by atoms with Crippen LogP contribution in [-0.4, -0.2) is 37.0 Å². The highest BCUT2D eigenvalue weighted by Crippen LogP contribution is 2.23.